The van der Waals surface area contributed by atoms with Crippen molar-refractivity contribution < 1.29 is 19.1 Å². The van der Waals surface area contributed by atoms with Crippen molar-refractivity contribution >= 4 is 17.7 Å². The first kappa shape index (κ1) is 20.0. The smallest absolute Gasteiger partial charge is 0.407 e. The summed E-state index contributed by atoms with van der Waals surface area (Å²) in [5, 5.41) is 9.30. The van der Waals surface area contributed by atoms with Crippen LogP contribution >= 0.6 is 0 Å². The minimum absolute atomic E-state index is 0.0717. The van der Waals surface area contributed by atoms with Crippen LogP contribution in [0.25, 0.3) is 0 Å². The first-order chi connectivity index (χ1) is 14.9. The summed E-state index contributed by atoms with van der Waals surface area (Å²) < 4.78 is 15.7. The van der Waals surface area contributed by atoms with Crippen molar-refractivity contribution in [3.8, 4) is 0 Å². The quantitative estimate of drug-likeness (QED) is 0.796. The van der Waals surface area contributed by atoms with Gasteiger partial charge in [0.25, 0.3) is 0 Å². The predicted octanol–water partition coefficient (Wildman–Crippen LogP) is 3.29. The van der Waals surface area contributed by atoms with Crippen LogP contribution in [-0.4, -0.2) is 50.8 Å². The summed E-state index contributed by atoms with van der Waals surface area (Å²) in [5.41, 5.74) is 3.15. The maximum atomic E-state index is 13.6. The van der Waals surface area contributed by atoms with E-state index in [-0.39, 0.29) is 19.0 Å². The number of rotatable bonds is 5. The molecule has 0 radical (unpaired) electrons. The summed E-state index contributed by atoms with van der Waals surface area (Å²) in [6.45, 7) is 2.80. The third-order valence-corrected chi connectivity index (χ3v) is 6.92. The van der Waals surface area contributed by atoms with E-state index in [1.165, 1.54) is 10.6 Å². The van der Waals surface area contributed by atoms with Crippen molar-refractivity contribution in [3.05, 3.63) is 47.0 Å². The molecule has 1 unspecified atom stereocenters. The monoisotopic (exact) mass is 426 g/mol. The lowest BCUT2D eigenvalue weighted by atomic mass is 9.75. The molecular weight excluding hydrogens is 399 g/mol. The summed E-state index contributed by atoms with van der Waals surface area (Å²) in [7, 11) is 0. The van der Waals surface area contributed by atoms with E-state index in [1.807, 2.05) is 24.3 Å². The number of carboxylic acid groups (broad SMARTS) is 1. The summed E-state index contributed by atoms with van der Waals surface area (Å²) >= 11 is 0. The molecular formula is C23H27FN4O3. The van der Waals surface area contributed by atoms with Crippen LogP contribution in [0.5, 0.6) is 0 Å². The van der Waals surface area contributed by atoms with Crippen molar-refractivity contribution in [2.45, 2.75) is 63.7 Å². The van der Waals surface area contributed by atoms with Gasteiger partial charge in [-0.15, -0.1) is 0 Å². The van der Waals surface area contributed by atoms with E-state index in [0.29, 0.717) is 19.5 Å². The van der Waals surface area contributed by atoms with E-state index < -0.39 is 17.7 Å². The van der Waals surface area contributed by atoms with Crippen LogP contribution in [0.1, 0.15) is 49.0 Å². The number of halogens is 1. The highest BCUT2D eigenvalue weighted by Gasteiger charge is 2.59. The number of carbonyl (C=O) groups excluding carboxylic acids is 1. The molecule has 0 bridgehead atoms. The van der Waals surface area contributed by atoms with E-state index in [2.05, 4.69) is 4.57 Å². The summed E-state index contributed by atoms with van der Waals surface area (Å²) in [6.07, 6.45) is 2.57. The molecule has 3 heterocycles. The molecule has 2 amide bonds. The molecule has 1 spiro atoms. The average Bonchev–Trinajstić information content (AvgIpc) is 3.18. The molecule has 8 heteroatoms. The topological polar surface area (TPSA) is 78.7 Å². The van der Waals surface area contributed by atoms with Crippen LogP contribution in [-0.2, 0) is 36.1 Å². The highest BCUT2D eigenvalue weighted by atomic mass is 19.1. The Labute approximate surface area is 180 Å². The third-order valence-electron chi connectivity index (χ3n) is 6.92. The van der Waals surface area contributed by atoms with Gasteiger partial charge in [-0.3, -0.25) is 4.79 Å². The maximum Gasteiger partial charge on any atom is 0.407 e. The number of aromatic nitrogens is 2. The first-order valence-electron chi connectivity index (χ1n) is 11.0. The Bertz CT molecular complexity index is 1040. The van der Waals surface area contributed by atoms with Gasteiger partial charge in [0.2, 0.25) is 5.91 Å². The minimum Gasteiger partial charge on any atom is -0.465 e. The van der Waals surface area contributed by atoms with Gasteiger partial charge in [-0.25, -0.2) is 14.2 Å². The minimum atomic E-state index is -1.00. The molecule has 2 aliphatic heterocycles. The Kier molecular flexibility index (Phi) is 4.75. The second kappa shape index (κ2) is 7.35. The SMILES string of the molecule is CC(F)CCn1c(CN2C(=O)C3(CN(C(=O)O)C3)c3ccccc32)nc2c1CCCC2. The van der Waals surface area contributed by atoms with Crippen LogP contribution in [0.4, 0.5) is 14.9 Å². The normalized spacial score (nSPS) is 19.9. The lowest BCUT2D eigenvalue weighted by molar-refractivity contribution is -0.128. The van der Waals surface area contributed by atoms with Crippen molar-refractivity contribution in [2.24, 2.45) is 0 Å². The molecule has 2 aromatic rings. The van der Waals surface area contributed by atoms with Gasteiger partial charge >= 0.3 is 6.09 Å². The average molecular weight is 426 g/mol. The lowest BCUT2D eigenvalue weighted by Gasteiger charge is -2.45. The summed E-state index contributed by atoms with van der Waals surface area (Å²) in [6, 6.07) is 7.63. The van der Waals surface area contributed by atoms with Gasteiger partial charge in [-0.1, -0.05) is 18.2 Å². The molecule has 1 atom stereocenters. The third kappa shape index (κ3) is 3.11. The Morgan fingerprint density at radius 2 is 2.00 bits per heavy atom. The number of benzene rings is 1. The van der Waals surface area contributed by atoms with Crippen LogP contribution in [0, 0.1) is 0 Å². The molecule has 1 aromatic carbocycles. The van der Waals surface area contributed by atoms with Gasteiger partial charge in [0.15, 0.2) is 0 Å². The number of para-hydroxylation sites is 1. The molecule has 0 saturated carbocycles. The van der Waals surface area contributed by atoms with E-state index in [9.17, 15) is 19.1 Å². The van der Waals surface area contributed by atoms with E-state index in [1.54, 1.807) is 11.8 Å². The first-order valence-corrected chi connectivity index (χ1v) is 11.0. The number of imidazole rings is 1. The Hall–Kier alpha value is -2.90. The molecule has 1 saturated heterocycles. The van der Waals surface area contributed by atoms with Gasteiger partial charge in [0, 0.05) is 31.0 Å². The van der Waals surface area contributed by atoms with Gasteiger partial charge < -0.3 is 19.5 Å². The van der Waals surface area contributed by atoms with Gasteiger partial charge in [0.1, 0.15) is 11.2 Å². The molecule has 31 heavy (non-hydrogen) atoms. The van der Waals surface area contributed by atoms with Crippen LogP contribution in [0.15, 0.2) is 24.3 Å². The molecule has 5 rings (SSSR count). The maximum absolute atomic E-state index is 13.6. The number of hydrogen-bond acceptors (Lipinski definition) is 3. The number of amides is 2. The highest BCUT2D eigenvalue weighted by molar-refractivity contribution is 6.09. The van der Waals surface area contributed by atoms with Crippen LogP contribution < -0.4 is 4.90 Å². The van der Waals surface area contributed by atoms with Crippen molar-refractivity contribution in [1.82, 2.24) is 14.5 Å². The second-order valence-corrected chi connectivity index (χ2v) is 8.98. The number of likely N-dealkylation sites (tertiary alicyclic amines) is 1. The highest BCUT2D eigenvalue weighted by Crippen LogP contribution is 2.47. The number of anilines is 1. The fourth-order valence-electron chi connectivity index (χ4n) is 5.29. The molecule has 7 nitrogen and oxygen atoms in total. The molecule has 1 aliphatic carbocycles. The van der Waals surface area contributed by atoms with Crippen molar-refractivity contribution in [3.63, 3.8) is 0 Å². The number of hydrogen-bond donors (Lipinski definition) is 1. The lowest BCUT2D eigenvalue weighted by Crippen LogP contribution is -2.65. The molecule has 1 fully saturated rings. The second-order valence-electron chi connectivity index (χ2n) is 8.98. The standard InChI is InChI=1S/C23H27FN4O3/c1-15(24)10-11-27-19-9-5-3-7-17(19)25-20(27)12-28-18-8-4-2-6-16(18)23(21(28)29)13-26(14-23)22(30)31/h2,4,6,8,15H,3,5,7,9-14H2,1H3,(H,30,31). The molecule has 1 N–H and O–H groups in total. The Morgan fingerprint density at radius 1 is 1.26 bits per heavy atom. The zero-order valence-corrected chi connectivity index (χ0v) is 17.7. The number of fused-ring (bicyclic) bond motifs is 3. The summed E-state index contributed by atoms with van der Waals surface area (Å²) in [5.74, 6) is 0.722. The van der Waals surface area contributed by atoms with E-state index in [0.717, 1.165) is 48.5 Å². The largest absolute Gasteiger partial charge is 0.465 e. The number of nitrogens with zero attached hydrogens (tertiary/aromatic N) is 4. The van der Waals surface area contributed by atoms with E-state index >= 15 is 0 Å². The van der Waals surface area contributed by atoms with Gasteiger partial charge in [-0.2, -0.15) is 0 Å². The summed E-state index contributed by atoms with van der Waals surface area (Å²) in [4.78, 5) is 32.8. The Balaban J connectivity index is 1.49. The Morgan fingerprint density at radius 3 is 2.74 bits per heavy atom. The fourth-order valence-corrected chi connectivity index (χ4v) is 5.29. The van der Waals surface area contributed by atoms with E-state index in [4.69, 9.17) is 4.98 Å². The predicted molar refractivity (Wildman–Crippen MR) is 113 cm³/mol. The van der Waals surface area contributed by atoms with Crippen molar-refractivity contribution in [1.29, 1.82) is 0 Å². The number of carbonyl (C=O) groups is 2. The van der Waals surface area contributed by atoms with Gasteiger partial charge in [-0.05, 0) is 50.7 Å². The molecule has 164 valence electrons. The van der Waals surface area contributed by atoms with Gasteiger partial charge in [0.05, 0.1) is 18.4 Å². The molecule has 1 aromatic heterocycles. The zero-order valence-electron chi connectivity index (χ0n) is 17.7. The number of alkyl halides is 1. The number of aryl methyl sites for hydroxylation is 1. The van der Waals surface area contributed by atoms with Crippen LogP contribution in [0.3, 0.4) is 0 Å². The van der Waals surface area contributed by atoms with Crippen LogP contribution in [0.2, 0.25) is 0 Å². The zero-order chi connectivity index (χ0) is 21.8. The van der Waals surface area contributed by atoms with Crippen molar-refractivity contribution in [2.75, 3.05) is 18.0 Å². The molecule has 3 aliphatic rings. The fraction of sp³-hybridized carbons (Fsp3) is 0.522.